The molecule has 0 radical (unpaired) electrons. The van der Waals surface area contributed by atoms with Crippen molar-refractivity contribution in [2.75, 3.05) is 0 Å². The molecule has 0 aliphatic carbocycles. The number of hydrazone groups is 1. The summed E-state index contributed by atoms with van der Waals surface area (Å²) in [5, 5.41) is 9.87. The quantitative estimate of drug-likeness (QED) is 0.446. The fraction of sp³-hybridized carbons (Fsp3) is 0.111. The van der Waals surface area contributed by atoms with Gasteiger partial charge in [0.2, 0.25) is 5.96 Å². The highest BCUT2D eigenvalue weighted by molar-refractivity contribution is 6.31. The van der Waals surface area contributed by atoms with Crippen LogP contribution in [0.3, 0.4) is 0 Å². The highest BCUT2D eigenvalue weighted by atomic mass is 35.5. The molecule has 0 aliphatic heterocycles. The first-order chi connectivity index (χ1) is 7.80. The van der Waals surface area contributed by atoms with Crippen LogP contribution in [-0.4, -0.2) is 12.2 Å². The monoisotopic (exact) mass is 300 g/mol. The molecule has 1 aromatic rings. The van der Waals surface area contributed by atoms with Crippen LogP contribution in [0.2, 0.25) is 5.02 Å². The van der Waals surface area contributed by atoms with Crippen LogP contribution < -0.4 is 11.2 Å². The number of alkyl halides is 3. The Morgan fingerprint density at radius 3 is 2.56 bits per heavy atom. The molecule has 0 amide bonds. The zero-order chi connectivity index (χ0) is 13.1. The normalized spacial score (nSPS) is 11.1. The zero-order valence-corrected chi connectivity index (χ0v) is 10.3. The second kappa shape index (κ2) is 6.46. The van der Waals surface area contributed by atoms with E-state index in [1.807, 2.05) is 0 Å². The van der Waals surface area contributed by atoms with Crippen LogP contribution in [0, 0.1) is 5.41 Å². The zero-order valence-electron chi connectivity index (χ0n) is 8.75. The summed E-state index contributed by atoms with van der Waals surface area (Å²) in [6, 6.07) is 3.34. The van der Waals surface area contributed by atoms with Crippen LogP contribution in [0.1, 0.15) is 11.1 Å². The summed E-state index contributed by atoms with van der Waals surface area (Å²) in [6.07, 6.45) is -3.41. The molecule has 0 bridgehead atoms. The lowest BCUT2D eigenvalue weighted by atomic mass is 10.1. The molecular weight excluding hydrogens is 292 g/mol. The van der Waals surface area contributed by atoms with Crippen LogP contribution in [-0.2, 0) is 6.18 Å². The fourth-order valence-corrected chi connectivity index (χ4v) is 1.24. The number of hydrogen-bond donors (Lipinski definition) is 3. The number of guanidine groups is 1. The molecule has 1 aromatic carbocycles. The smallest absolute Gasteiger partial charge is 0.369 e. The van der Waals surface area contributed by atoms with Crippen LogP contribution >= 0.6 is 24.0 Å². The SMILES string of the molecule is Cl.N=C(N)N/N=C/c1ccc(Cl)c(C(F)(F)F)c1. The average Bonchev–Trinajstić information content (AvgIpc) is 2.18. The van der Waals surface area contributed by atoms with E-state index in [4.69, 9.17) is 22.7 Å². The van der Waals surface area contributed by atoms with E-state index in [1.165, 1.54) is 6.07 Å². The van der Waals surface area contributed by atoms with Gasteiger partial charge in [-0.25, -0.2) is 5.43 Å². The minimum Gasteiger partial charge on any atom is -0.369 e. The van der Waals surface area contributed by atoms with Gasteiger partial charge in [0.05, 0.1) is 16.8 Å². The number of rotatable bonds is 2. The van der Waals surface area contributed by atoms with Gasteiger partial charge >= 0.3 is 6.18 Å². The topological polar surface area (TPSA) is 74.3 Å². The van der Waals surface area contributed by atoms with E-state index in [2.05, 4.69) is 10.5 Å². The summed E-state index contributed by atoms with van der Waals surface area (Å²) in [6.45, 7) is 0. The standard InChI is InChI=1S/C9H8ClF3N4.ClH/c10-7-2-1-5(4-16-17-8(14)15)3-6(7)9(11,12)13;/h1-4H,(H4,14,15,17);1H/b16-4+;. The summed E-state index contributed by atoms with van der Waals surface area (Å²) in [5.74, 6) is -0.411. The average molecular weight is 301 g/mol. The van der Waals surface area contributed by atoms with Crippen molar-refractivity contribution in [3.05, 3.63) is 34.3 Å². The molecule has 0 fully saturated rings. The van der Waals surface area contributed by atoms with Gasteiger partial charge in [0, 0.05) is 0 Å². The Hall–Kier alpha value is -1.47. The molecule has 100 valence electrons. The third-order valence-electron chi connectivity index (χ3n) is 1.69. The highest BCUT2D eigenvalue weighted by Gasteiger charge is 2.33. The number of nitrogens with one attached hydrogen (secondary N) is 2. The molecule has 18 heavy (non-hydrogen) atoms. The summed E-state index contributed by atoms with van der Waals surface area (Å²) in [5.41, 5.74) is 6.27. The minimum atomic E-state index is -4.52. The van der Waals surface area contributed by atoms with Gasteiger partial charge in [-0.2, -0.15) is 18.3 Å². The maximum Gasteiger partial charge on any atom is 0.417 e. The van der Waals surface area contributed by atoms with Crippen molar-refractivity contribution in [3.63, 3.8) is 0 Å². The molecule has 4 N–H and O–H groups in total. The molecule has 1 rings (SSSR count). The molecule has 0 aliphatic rings. The predicted molar refractivity (Wildman–Crippen MR) is 66.3 cm³/mol. The van der Waals surface area contributed by atoms with E-state index in [9.17, 15) is 13.2 Å². The Balaban J connectivity index is 0.00000289. The maximum absolute atomic E-state index is 12.5. The van der Waals surface area contributed by atoms with Gasteiger partial charge < -0.3 is 5.73 Å². The maximum atomic E-state index is 12.5. The number of benzene rings is 1. The van der Waals surface area contributed by atoms with Crippen molar-refractivity contribution in [3.8, 4) is 0 Å². The van der Waals surface area contributed by atoms with Crippen molar-refractivity contribution >= 4 is 36.2 Å². The van der Waals surface area contributed by atoms with Crippen LogP contribution in [0.15, 0.2) is 23.3 Å². The van der Waals surface area contributed by atoms with E-state index in [-0.39, 0.29) is 23.0 Å². The van der Waals surface area contributed by atoms with Gasteiger partial charge in [0.25, 0.3) is 0 Å². The van der Waals surface area contributed by atoms with Gasteiger partial charge in [-0.15, -0.1) is 12.4 Å². The molecule has 0 atom stereocenters. The molecular formula is C9H9Cl2F3N4. The Labute approximate surface area is 112 Å². The van der Waals surface area contributed by atoms with Crippen molar-refractivity contribution in [2.45, 2.75) is 6.18 Å². The van der Waals surface area contributed by atoms with Crippen LogP contribution in [0.4, 0.5) is 13.2 Å². The lowest BCUT2D eigenvalue weighted by Crippen LogP contribution is -2.25. The molecule has 0 aromatic heterocycles. The number of hydrogen-bond acceptors (Lipinski definition) is 2. The van der Waals surface area contributed by atoms with Gasteiger partial charge in [-0.05, 0) is 17.7 Å². The molecule has 4 nitrogen and oxygen atoms in total. The summed E-state index contributed by atoms with van der Waals surface area (Å²) in [7, 11) is 0. The van der Waals surface area contributed by atoms with Gasteiger partial charge in [0.1, 0.15) is 0 Å². The first kappa shape index (κ1) is 16.5. The van der Waals surface area contributed by atoms with Crippen molar-refractivity contribution < 1.29 is 13.2 Å². The number of nitrogens with zero attached hydrogens (tertiary/aromatic N) is 1. The molecule has 0 saturated heterocycles. The number of nitrogens with two attached hydrogens (primary N) is 1. The fourth-order valence-electron chi connectivity index (χ4n) is 1.02. The number of halogens is 5. The van der Waals surface area contributed by atoms with Crippen molar-refractivity contribution in [2.24, 2.45) is 10.8 Å². The van der Waals surface area contributed by atoms with Crippen molar-refractivity contribution in [1.82, 2.24) is 5.43 Å². The van der Waals surface area contributed by atoms with Crippen LogP contribution in [0.5, 0.6) is 0 Å². The highest BCUT2D eigenvalue weighted by Crippen LogP contribution is 2.34. The molecule has 0 heterocycles. The molecule has 0 spiro atoms. The summed E-state index contributed by atoms with van der Waals surface area (Å²) in [4.78, 5) is 0. The van der Waals surface area contributed by atoms with E-state index < -0.39 is 17.7 Å². The Morgan fingerprint density at radius 2 is 2.06 bits per heavy atom. The molecule has 9 heteroatoms. The second-order valence-electron chi connectivity index (χ2n) is 3.02. The molecule has 0 saturated carbocycles. The summed E-state index contributed by atoms with van der Waals surface area (Å²) < 4.78 is 37.4. The van der Waals surface area contributed by atoms with E-state index in [1.54, 1.807) is 0 Å². The third-order valence-corrected chi connectivity index (χ3v) is 2.02. The van der Waals surface area contributed by atoms with Crippen LogP contribution in [0.25, 0.3) is 0 Å². The van der Waals surface area contributed by atoms with Gasteiger partial charge in [-0.3, -0.25) is 5.41 Å². The van der Waals surface area contributed by atoms with Gasteiger partial charge in [0.15, 0.2) is 0 Å². The van der Waals surface area contributed by atoms with Gasteiger partial charge in [-0.1, -0.05) is 17.7 Å². The Morgan fingerprint density at radius 1 is 1.44 bits per heavy atom. The molecule has 0 unspecified atom stereocenters. The lowest BCUT2D eigenvalue weighted by Gasteiger charge is -2.09. The first-order valence-electron chi connectivity index (χ1n) is 4.30. The minimum absolute atomic E-state index is 0. The first-order valence-corrected chi connectivity index (χ1v) is 4.68. The third kappa shape index (κ3) is 4.80. The van der Waals surface area contributed by atoms with E-state index >= 15 is 0 Å². The Kier molecular flexibility index (Phi) is 5.93. The lowest BCUT2D eigenvalue weighted by molar-refractivity contribution is -0.137. The van der Waals surface area contributed by atoms with E-state index in [0.29, 0.717) is 0 Å². The van der Waals surface area contributed by atoms with Crippen molar-refractivity contribution in [1.29, 1.82) is 5.41 Å². The summed E-state index contributed by atoms with van der Waals surface area (Å²) >= 11 is 5.43. The Bertz CT molecular complexity index is 460. The predicted octanol–water partition coefficient (Wildman–Crippen LogP) is 2.60. The largest absolute Gasteiger partial charge is 0.417 e. The van der Waals surface area contributed by atoms with E-state index in [0.717, 1.165) is 18.3 Å². The second-order valence-corrected chi connectivity index (χ2v) is 3.43.